The van der Waals surface area contributed by atoms with E-state index in [-0.39, 0.29) is 0 Å². The van der Waals surface area contributed by atoms with E-state index in [9.17, 15) is 0 Å². The van der Waals surface area contributed by atoms with Crippen LogP contribution in [-0.4, -0.2) is 4.57 Å². The Morgan fingerprint density at radius 1 is 0.408 bits per heavy atom. The number of fused-ring (bicyclic) bond motifs is 7. The summed E-state index contributed by atoms with van der Waals surface area (Å²) in [5.41, 5.74) is 10.9. The average Bonchev–Trinajstić information content (AvgIpc) is 3.72. The number of anilines is 3. The summed E-state index contributed by atoms with van der Waals surface area (Å²) in [5.74, 6) is 0. The molecule has 2 heterocycles. The van der Waals surface area contributed by atoms with E-state index in [0.29, 0.717) is 0 Å². The van der Waals surface area contributed by atoms with Crippen LogP contribution in [0.25, 0.3) is 71.3 Å². The Morgan fingerprint density at radius 3 is 1.96 bits per heavy atom. The third kappa shape index (κ3) is 4.44. The van der Waals surface area contributed by atoms with Gasteiger partial charge in [-0.3, -0.25) is 0 Å². The van der Waals surface area contributed by atoms with Crippen LogP contribution in [0.2, 0.25) is 0 Å². The molecule has 0 saturated heterocycles. The number of aromatic nitrogens is 1. The maximum atomic E-state index is 6.55. The van der Waals surface area contributed by atoms with E-state index in [1.807, 2.05) is 12.1 Å². The summed E-state index contributed by atoms with van der Waals surface area (Å²) < 4.78 is 8.91. The largest absolute Gasteiger partial charge is 0.454 e. The van der Waals surface area contributed by atoms with E-state index in [1.54, 1.807) is 0 Å². The van der Waals surface area contributed by atoms with Crippen LogP contribution in [0.15, 0.2) is 186 Å². The summed E-state index contributed by atoms with van der Waals surface area (Å²) >= 11 is 0. The maximum Gasteiger partial charge on any atom is 0.159 e. The van der Waals surface area contributed by atoms with Crippen molar-refractivity contribution in [1.29, 1.82) is 0 Å². The Kier molecular flexibility index (Phi) is 6.18. The number of rotatable bonds is 5. The van der Waals surface area contributed by atoms with Gasteiger partial charge in [0.05, 0.1) is 16.7 Å². The van der Waals surface area contributed by atoms with Crippen LogP contribution < -0.4 is 4.90 Å². The molecule has 0 fully saturated rings. The van der Waals surface area contributed by atoms with Crippen LogP contribution in [0.5, 0.6) is 0 Å². The van der Waals surface area contributed by atoms with E-state index in [0.717, 1.165) is 39.0 Å². The van der Waals surface area contributed by atoms with Crippen molar-refractivity contribution in [3.63, 3.8) is 0 Å². The summed E-state index contributed by atoms with van der Waals surface area (Å²) in [6.07, 6.45) is 0. The third-order valence-corrected chi connectivity index (χ3v) is 9.76. The number of para-hydroxylation sites is 4. The van der Waals surface area contributed by atoms with Gasteiger partial charge in [0.15, 0.2) is 5.58 Å². The molecule has 10 aromatic rings. The Hall–Kier alpha value is -6.58. The first-order chi connectivity index (χ1) is 24.3. The van der Waals surface area contributed by atoms with Gasteiger partial charge in [-0.15, -0.1) is 0 Å². The van der Waals surface area contributed by atoms with Crippen molar-refractivity contribution < 1.29 is 4.42 Å². The van der Waals surface area contributed by atoms with Gasteiger partial charge in [-0.25, -0.2) is 0 Å². The van der Waals surface area contributed by atoms with Gasteiger partial charge in [-0.05, 0) is 88.6 Å². The zero-order valence-electron chi connectivity index (χ0n) is 26.6. The van der Waals surface area contributed by atoms with Gasteiger partial charge in [-0.2, -0.15) is 0 Å². The summed E-state index contributed by atoms with van der Waals surface area (Å²) in [5, 5.41) is 7.14. The van der Waals surface area contributed by atoms with Gasteiger partial charge in [0, 0.05) is 38.6 Å². The zero-order chi connectivity index (χ0) is 32.3. The number of benzene rings is 8. The molecule has 49 heavy (non-hydrogen) atoms. The number of nitrogens with zero attached hydrogens (tertiary/aromatic N) is 2. The van der Waals surface area contributed by atoms with Crippen molar-refractivity contribution in [1.82, 2.24) is 4.57 Å². The quantitative estimate of drug-likeness (QED) is 0.190. The predicted molar refractivity (Wildman–Crippen MR) is 206 cm³/mol. The summed E-state index contributed by atoms with van der Waals surface area (Å²) in [6.45, 7) is 0. The van der Waals surface area contributed by atoms with Crippen LogP contribution in [0.1, 0.15) is 0 Å². The molecule has 0 aliphatic heterocycles. The maximum absolute atomic E-state index is 6.55. The van der Waals surface area contributed by atoms with Crippen LogP contribution in [-0.2, 0) is 0 Å². The second-order valence-electron chi connectivity index (χ2n) is 12.6. The van der Waals surface area contributed by atoms with Crippen molar-refractivity contribution in [2.24, 2.45) is 0 Å². The van der Waals surface area contributed by atoms with Gasteiger partial charge in [0.2, 0.25) is 0 Å². The summed E-state index contributed by atoms with van der Waals surface area (Å²) in [7, 11) is 0. The molecule has 3 heteroatoms. The summed E-state index contributed by atoms with van der Waals surface area (Å²) in [6, 6.07) is 64.9. The van der Waals surface area contributed by atoms with E-state index < -0.39 is 0 Å². The molecule has 0 saturated carbocycles. The Bertz CT molecular complexity index is 2830. The highest BCUT2D eigenvalue weighted by atomic mass is 16.3. The first-order valence-corrected chi connectivity index (χ1v) is 16.7. The highest BCUT2D eigenvalue weighted by Crippen LogP contribution is 2.43. The van der Waals surface area contributed by atoms with Crippen molar-refractivity contribution in [3.05, 3.63) is 182 Å². The van der Waals surface area contributed by atoms with Crippen LogP contribution in [0, 0.1) is 0 Å². The molecule has 0 bridgehead atoms. The van der Waals surface area contributed by atoms with Crippen LogP contribution >= 0.6 is 0 Å². The van der Waals surface area contributed by atoms with Crippen molar-refractivity contribution >= 4 is 71.6 Å². The van der Waals surface area contributed by atoms with Gasteiger partial charge >= 0.3 is 0 Å². The van der Waals surface area contributed by atoms with Gasteiger partial charge < -0.3 is 13.9 Å². The first kappa shape index (κ1) is 27.5. The number of hydrogen-bond donors (Lipinski definition) is 0. The highest BCUT2D eigenvalue weighted by Gasteiger charge is 2.20. The fraction of sp³-hybridized carbons (Fsp3) is 0. The molecule has 2 aromatic heterocycles. The molecular weight excluding hydrogens is 597 g/mol. The van der Waals surface area contributed by atoms with Gasteiger partial charge in [0.25, 0.3) is 0 Å². The molecule has 230 valence electrons. The standard InChI is InChI=1S/C46H30N2O/c1-2-13-35(14-3-1)48-42-18-8-6-15-38(42)41-30-34(24-28-43(41)48)32-21-25-36(26-22-32)47(37-27-23-31-11-4-5-12-33(31)29-37)44-19-10-17-40-39-16-7-9-20-45(39)49-46(40)44/h1-30H. The Balaban J connectivity index is 1.12. The lowest BCUT2D eigenvalue weighted by Gasteiger charge is -2.26. The minimum Gasteiger partial charge on any atom is -0.454 e. The lowest BCUT2D eigenvalue weighted by Crippen LogP contribution is -2.10. The summed E-state index contributed by atoms with van der Waals surface area (Å²) in [4.78, 5) is 2.32. The van der Waals surface area contributed by atoms with E-state index in [2.05, 4.69) is 179 Å². The second-order valence-corrected chi connectivity index (χ2v) is 12.6. The molecule has 3 nitrogen and oxygen atoms in total. The smallest absolute Gasteiger partial charge is 0.159 e. The van der Waals surface area contributed by atoms with E-state index in [4.69, 9.17) is 4.42 Å². The normalized spacial score (nSPS) is 11.7. The van der Waals surface area contributed by atoms with Crippen LogP contribution in [0.3, 0.4) is 0 Å². The number of hydrogen-bond acceptors (Lipinski definition) is 2. The number of furan rings is 1. The topological polar surface area (TPSA) is 21.3 Å². The molecule has 0 aliphatic carbocycles. The first-order valence-electron chi connectivity index (χ1n) is 16.7. The average molecular weight is 627 g/mol. The fourth-order valence-corrected chi connectivity index (χ4v) is 7.46. The van der Waals surface area contributed by atoms with Crippen molar-refractivity contribution in [2.75, 3.05) is 4.90 Å². The van der Waals surface area contributed by atoms with Crippen molar-refractivity contribution in [2.45, 2.75) is 0 Å². The lowest BCUT2D eigenvalue weighted by atomic mass is 10.0. The molecule has 8 aromatic carbocycles. The third-order valence-electron chi connectivity index (χ3n) is 9.76. The molecule has 10 rings (SSSR count). The van der Waals surface area contributed by atoms with E-state index >= 15 is 0 Å². The van der Waals surface area contributed by atoms with Gasteiger partial charge in [0.1, 0.15) is 5.58 Å². The molecule has 0 spiro atoms. The minimum atomic E-state index is 0.876. The molecule has 0 N–H and O–H groups in total. The van der Waals surface area contributed by atoms with Crippen molar-refractivity contribution in [3.8, 4) is 16.8 Å². The molecule has 0 radical (unpaired) electrons. The zero-order valence-corrected chi connectivity index (χ0v) is 26.6. The molecular formula is C46H30N2O. The molecule has 0 amide bonds. The Labute approximate surface area is 283 Å². The predicted octanol–water partition coefficient (Wildman–Crippen LogP) is 13.0. The van der Waals surface area contributed by atoms with E-state index in [1.165, 1.54) is 49.4 Å². The lowest BCUT2D eigenvalue weighted by molar-refractivity contribution is 0.669. The molecule has 0 unspecified atom stereocenters. The monoisotopic (exact) mass is 626 g/mol. The van der Waals surface area contributed by atoms with Gasteiger partial charge in [-0.1, -0.05) is 115 Å². The molecule has 0 aliphatic rings. The minimum absolute atomic E-state index is 0.876. The van der Waals surface area contributed by atoms with Crippen LogP contribution in [0.4, 0.5) is 17.1 Å². The highest BCUT2D eigenvalue weighted by molar-refractivity contribution is 6.11. The Morgan fingerprint density at radius 2 is 1.08 bits per heavy atom. The SMILES string of the molecule is c1ccc(-n2c3ccccc3c3cc(-c4ccc(N(c5ccc6ccccc6c5)c5cccc6c5oc5ccccc56)cc4)ccc32)cc1. The molecule has 0 atom stereocenters. The fourth-order valence-electron chi connectivity index (χ4n) is 7.46. The second kappa shape index (κ2) is 11.0.